The number of carbonyl (C=O) groups excluding carboxylic acids is 1. The molecule has 1 fully saturated rings. The lowest BCUT2D eigenvalue weighted by molar-refractivity contribution is -0.140. The molecule has 1 aromatic carbocycles. The Labute approximate surface area is 179 Å². The van der Waals surface area contributed by atoms with Crippen LogP contribution in [0.15, 0.2) is 24.3 Å². The molecule has 1 heterocycles. The number of nitrogens with one attached hydrogen (secondary N) is 2. The van der Waals surface area contributed by atoms with Crippen LogP contribution in [0.25, 0.3) is 10.9 Å². The zero-order chi connectivity index (χ0) is 21.9. The Bertz CT molecular complexity index is 898. The van der Waals surface area contributed by atoms with E-state index in [2.05, 4.69) is 15.6 Å². The molecule has 0 bridgehead atoms. The third-order valence-electron chi connectivity index (χ3n) is 5.56. The Morgan fingerprint density at radius 3 is 2.57 bits per heavy atom. The third-order valence-corrected chi connectivity index (χ3v) is 5.80. The summed E-state index contributed by atoms with van der Waals surface area (Å²) in [7, 11) is 1.81. The first-order valence-electron chi connectivity index (χ1n) is 10.1. The predicted octanol–water partition coefficient (Wildman–Crippen LogP) is 4.38. The standard InChI is InChI=1S/C21H26ClF3N4O/c1-3-26-12-20(30)27-14-5-7-15(8-6-14)29(2)18-11-19(21(23,24)25)28-17-9-4-13(22)10-16(17)18/h4,9-11,14-15,26H,3,5-8,12H2,1-2H3,(H,27,30). The molecule has 0 radical (unpaired) electrons. The van der Waals surface area contributed by atoms with Crippen molar-refractivity contribution in [3.05, 3.63) is 35.0 Å². The molecule has 1 aromatic heterocycles. The summed E-state index contributed by atoms with van der Waals surface area (Å²) in [6.45, 7) is 2.96. The second-order valence-corrected chi connectivity index (χ2v) is 8.09. The van der Waals surface area contributed by atoms with Gasteiger partial charge in [-0.2, -0.15) is 13.2 Å². The number of anilines is 1. The van der Waals surface area contributed by atoms with Gasteiger partial charge in [0.15, 0.2) is 0 Å². The van der Waals surface area contributed by atoms with Crippen molar-refractivity contribution in [3.63, 3.8) is 0 Å². The number of benzene rings is 1. The first-order valence-corrected chi connectivity index (χ1v) is 10.5. The molecular formula is C21H26ClF3N4O. The quantitative estimate of drug-likeness (QED) is 0.697. The van der Waals surface area contributed by atoms with Crippen LogP contribution >= 0.6 is 11.6 Å². The van der Waals surface area contributed by atoms with E-state index < -0.39 is 11.9 Å². The van der Waals surface area contributed by atoms with E-state index in [0.717, 1.165) is 38.3 Å². The number of fused-ring (bicyclic) bond motifs is 1. The summed E-state index contributed by atoms with van der Waals surface area (Å²) in [6.07, 6.45) is -1.42. The molecule has 164 valence electrons. The van der Waals surface area contributed by atoms with Crippen molar-refractivity contribution in [1.29, 1.82) is 0 Å². The molecule has 1 amide bonds. The topological polar surface area (TPSA) is 57.3 Å². The normalized spacial score (nSPS) is 19.7. The highest BCUT2D eigenvalue weighted by Gasteiger charge is 2.34. The van der Waals surface area contributed by atoms with Gasteiger partial charge in [-0.05, 0) is 56.5 Å². The SMILES string of the molecule is CCNCC(=O)NC1CCC(N(C)c2cc(C(F)(F)F)nc3ccc(Cl)cc23)CC1. The fourth-order valence-corrected chi connectivity index (χ4v) is 4.11. The van der Waals surface area contributed by atoms with Gasteiger partial charge in [0.05, 0.1) is 12.1 Å². The Morgan fingerprint density at radius 1 is 1.23 bits per heavy atom. The molecule has 1 aliphatic rings. The maximum absolute atomic E-state index is 13.4. The highest BCUT2D eigenvalue weighted by Crippen LogP contribution is 2.37. The lowest BCUT2D eigenvalue weighted by Gasteiger charge is -2.37. The maximum Gasteiger partial charge on any atom is 0.433 e. The van der Waals surface area contributed by atoms with Crippen LogP contribution in [-0.2, 0) is 11.0 Å². The first-order chi connectivity index (χ1) is 14.2. The number of likely N-dealkylation sites (N-methyl/N-ethyl adjacent to an activating group) is 1. The number of nitrogens with zero attached hydrogens (tertiary/aromatic N) is 2. The Kier molecular flexibility index (Phi) is 7.08. The molecule has 5 nitrogen and oxygen atoms in total. The number of alkyl halides is 3. The molecule has 2 N–H and O–H groups in total. The maximum atomic E-state index is 13.4. The monoisotopic (exact) mass is 442 g/mol. The van der Waals surface area contributed by atoms with Crippen molar-refractivity contribution in [1.82, 2.24) is 15.6 Å². The van der Waals surface area contributed by atoms with Crippen LogP contribution in [-0.4, -0.2) is 43.1 Å². The Morgan fingerprint density at radius 2 is 1.93 bits per heavy atom. The molecule has 0 saturated heterocycles. The van der Waals surface area contributed by atoms with Crippen LogP contribution in [0.5, 0.6) is 0 Å². The smallest absolute Gasteiger partial charge is 0.371 e. The zero-order valence-electron chi connectivity index (χ0n) is 17.0. The highest BCUT2D eigenvalue weighted by molar-refractivity contribution is 6.31. The van der Waals surface area contributed by atoms with E-state index in [1.165, 1.54) is 6.07 Å². The average Bonchev–Trinajstić information content (AvgIpc) is 2.70. The number of rotatable bonds is 6. The molecule has 0 aliphatic heterocycles. The van der Waals surface area contributed by atoms with Gasteiger partial charge in [-0.1, -0.05) is 18.5 Å². The summed E-state index contributed by atoms with van der Waals surface area (Å²) in [4.78, 5) is 17.6. The molecule has 0 unspecified atom stereocenters. The van der Waals surface area contributed by atoms with E-state index in [9.17, 15) is 18.0 Å². The van der Waals surface area contributed by atoms with Crippen molar-refractivity contribution >= 4 is 34.1 Å². The van der Waals surface area contributed by atoms with E-state index in [-0.39, 0.29) is 23.5 Å². The lowest BCUT2D eigenvalue weighted by Crippen LogP contribution is -2.45. The third kappa shape index (κ3) is 5.35. The highest BCUT2D eigenvalue weighted by atomic mass is 35.5. The molecule has 2 aromatic rings. The summed E-state index contributed by atoms with van der Waals surface area (Å²) in [5, 5.41) is 7.07. The van der Waals surface area contributed by atoms with Crippen LogP contribution in [0.1, 0.15) is 38.3 Å². The summed E-state index contributed by atoms with van der Waals surface area (Å²) < 4.78 is 40.2. The van der Waals surface area contributed by atoms with Crippen molar-refractivity contribution in [2.75, 3.05) is 25.0 Å². The molecule has 0 spiro atoms. The fraction of sp³-hybridized carbons (Fsp3) is 0.524. The molecule has 1 saturated carbocycles. The molecule has 30 heavy (non-hydrogen) atoms. The van der Waals surface area contributed by atoms with Gasteiger partial charge in [-0.15, -0.1) is 0 Å². The van der Waals surface area contributed by atoms with E-state index in [1.54, 1.807) is 12.1 Å². The zero-order valence-corrected chi connectivity index (χ0v) is 17.8. The van der Waals surface area contributed by atoms with Gasteiger partial charge in [0.1, 0.15) is 5.69 Å². The van der Waals surface area contributed by atoms with E-state index in [4.69, 9.17) is 11.6 Å². The minimum absolute atomic E-state index is 0.0294. The number of aromatic nitrogens is 1. The number of pyridine rings is 1. The molecule has 3 rings (SSSR count). The van der Waals surface area contributed by atoms with Crippen LogP contribution in [0.4, 0.5) is 18.9 Å². The number of hydrogen-bond acceptors (Lipinski definition) is 4. The molecule has 9 heteroatoms. The van der Waals surface area contributed by atoms with Gasteiger partial charge in [0.2, 0.25) is 5.91 Å². The van der Waals surface area contributed by atoms with Crippen molar-refractivity contribution in [2.24, 2.45) is 0 Å². The van der Waals surface area contributed by atoms with Crippen molar-refractivity contribution < 1.29 is 18.0 Å². The largest absolute Gasteiger partial charge is 0.433 e. The van der Waals surface area contributed by atoms with E-state index in [1.807, 2.05) is 18.9 Å². The van der Waals surface area contributed by atoms with Gasteiger partial charge in [-0.25, -0.2) is 4.98 Å². The minimum Gasteiger partial charge on any atom is -0.371 e. The molecule has 1 aliphatic carbocycles. The summed E-state index contributed by atoms with van der Waals surface area (Å²) >= 11 is 6.10. The van der Waals surface area contributed by atoms with Gasteiger partial charge >= 0.3 is 6.18 Å². The summed E-state index contributed by atoms with van der Waals surface area (Å²) in [5.41, 5.74) is -0.182. The lowest BCUT2D eigenvalue weighted by atomic mass is 9.90. The predicted molar refractivity (Wildman–Crippen MR) is 113 cm³/mol. The minimum atomic E-state index is -4.53. The average molecular weight is 443 g/mol. The van der Waals surface area contributed by atoms with Crippen LogP contribution < -0.4 is 15.5 Å². The number of carbonyl (C=O) groups is 1. The van der Waals surface area contributed by atoms with Crippen LogP contribution in [0, 0.1) is 0 Å². The van der Waals surface area contributed by atoms with Gasteiger partial charge in [0, 0.05) is 35.2 Å². The van der Waals surface area contributed by atoms with Gasteiger partial charge in [-0.3, -0.25) is 4.79 Å². The second kappa shape index (κ2) is 9.39. The van der Waals surface area contributed by atoms with Gasteiger partial charge in [0.25, 0.3) is 0 Å². The van der Waals surface area contributed by atoms with Gasteiger partial charge < -0.3 is 15.5 Å². The Balaban J connectivity index is 1.77. The Hall–Kier alpha value is -2.06. The number of halogens is 4. The van der Waals surface area contributed by atoms with Crippen LogP contribution in [0.2, 0.25) is 5.02 Å². The summed E-state index contributed by atoms with van der Waals surface area (Å²) in [5.74, 6) is -0.0294. The molecule has 0 atom stereocenters. The molecular weight excluding hydrogens is 417 g/mol. The van der Waals surface area contributed by atoms with E-state index in [0.29, 0.717) is 22.6 Å². The van der Waals surface area contributed by atoms with Crippen LogP contribution in [0.3, 0.4) is 0 Å². The first kappa shape index (κ1) is 22.6. The number of hydrogen-bond donors (Lipinski definition) is 2. The van der Waals surface area contributed by atoms with Crippen molar-refractivity contribution in [2.45, 2.75) is 50.9 Å². The van der Waals surface area contributed by atoms with Crippen molar-refractivity contribution in [3.8, 4) is 0 Å². The van der Waals surface area contributed by atoms with E-state index >= 15 is 0 Å². The summed E-state index contributed by atoms with van der Waals surface area (Å²) in [6, 6.07) is 5.97. The second-order valence-electron chi connectivity index (χ2n) is 7.65. The number of amides is 1. The fourth-order valence-electron chi connectivity index (χ4n) is 3.94.